The minimum Gasteiger partial charge on any atom is -0.349 e. The normalized spacial score (nSPS) is 14.6. The highest BCUT2D eigenvalue weighted by atomic mass is 32.1. The van der Waals surface area contributed by atoms with Crippen molar-refractivity contribution in [3.63, 3.8) is 0 Å². The lowest BCUT2D eigenvalue weighted by Crippen LogP contribution is -2.44. The first kappa shape index (κ1) is 15.4. The summed E-state index contributed by atoms with van der Waals surface area (Å²) in [6.45, 7) is 3.33. The quantitative estimate of drug-likeness (QED) is 0.516. The molecule has 2 rings (SSSR count). The Hall–Kier alpha value is -2.02. The smallest absolute Gasteiger partial charge is 0.272 e. The van der Waals surface area contributed by atoms with Gasteiger partial charge in [0, 0.05) is 30.3 Å². The number of likely N-dealkylation sites (tertiary alicyclic amines) is 1. The van der Waals surface area contributed by atoms with Gasteiger partial charge in [0.2, 0.25) is 0 Å². The van der Waals surface area contributed by atoms with Crippen molar-refractivity contribution in [3.05, 3.63) is 39.4 Å². The average molecular weight is 307 g/mol. The second-order valence-electron chi connectivity index (χ2n) is 5.07. The number of hydrogen-bond donors (Lipinski definition) is 1. The number of rotatable bonds is 2. The number of carbonyl (C=O) groups is 1. The lowest BCUT2D eigenvalue weighted by Gasteiger charge is -2.28. The number of nitro groups is 1. The van der Waals surface area contributed by atoms with E-state index in [0.29, 0.717) is 16.2 Å². The molecule has 112 valence electrons. The Balaban J connectivity index is 2.04. The summed E-state index contributed by atoms with van der Waals surface area (Å²) in [5.41, 5.74) is 0.833. The number of thiocarbonyl (C=S) groups is 1. The Morgan fingerprint density at radius 2 is 2.00 bits per heavy atom. The first-order valence-corrected chi connectivity index (χ1v) is 7.25. The molecule has 1 heterocycles. The molecule has 0 aromatic heterocycles. The van der Waals surface area contributed by atoms with Crippen LogP contribution in [0.15, 0.2) is 18.2 Å². The van der Waals surface area contributed by atoms with Gasteiger partial charge in [-0.15, -0.1) is 0 Å². The molecule has 1 saturated heterocycles. The van der Waals surface area contributed by atoms with Gasteiger partial charge in [0.15, 0.2) is 5.11 Å². The zero-order chi connectivity index (χ0) is 15.4. The van der Waals surface area contributed by atoms with E-state index in [4.69, 9.17) is 12.2 Å². The fraction of sp³-hybridized carbons (Fsp3) is 0.429. The van der Waals surface area contributed by atoms with Crippen LogP contribution in [0.3, 0.4) is 0 Å². The van der Waals surface area contributed by atoms with Crippen LogP contribution in [0.1, 0.15) is 35.2 Å². The number of benzene rings is 1. The zero-order valence-corrected chi connectivity index (χ0v) is 12.6. The van der Waals surface area contributed by atoms with Crippen molar-refractivity contribution < 1.29 is 9.72 Å². The summed E-state index contributed by atoms with van der Waals surface area (Å²) in [5.74, 6) is -0.330. The van der Waals surface area contributed by atoms with Crippen molar-refractivity contribution >= 4 is 28.9 Å². The van der Waals surface area contributed by atoms with E-state index in [2.05, 4.69) is 5.32 Å². The number of hydrogen-bond acceptors (Lipinski definition) is 4. The monoisotopic (exact) mass is 307 g/mol. The predicted molar refractivity (Wildman–Crippen MR) is 83.3 cm³/mol. The van der Waals surface area contributed by atoms with Gasteiger partial charge in [0.25, 0.3) is 11.6 Å². The summed E-state index contributed by atoms with van der Waals surface area (Å²) in [4.78, 5) is 24.4. The molecule has 1 aliphatic heterocycles. The van der Waals surface area contributed by atoms with Crippen LogP contribution in [0, 0.1) is 17.0 Å². The van der Waals surface area contributed by atoms with Crippen molar-refractivity contribution in [2.45, 2.75) is 26.2 Å². The number of nitrogens with one attached hydrogen (secondary N) is 1. The Morgan fingerprint density at radius 1 is 1.33 bits per heavy atom. The van der Waals surface area contributed by atoms with Crippen LogP contribution in [0.5, 0.6) is 0 Å². The van der Waals surface area contributed by atoms with Crippen LogP contribution < -0.4 is 5.32 Å². The lowest BCUT2D eigenvalue weighted by atomic mass is 10.1. The summed E-state index contributed by atoms with van der Waals surface area (Å²) >= 11 is 5.24. The first-order valence-electron chi connectivity index (χ1n) is 6.84. The zero-order valence-electron chi connectivity index (χ0n) is 11.8. The van der Waals surface area contributed by atoms with E-state index in [-0.39, 0.29) is 11.6 Å². The molecule has 7 heteroatoms. The highest BCUT2D eigenvalue weighted by Crippen LogP contribution is 2.18. The largest absolute Gasteiger partial charge is 0.349 e. The van der Waals surface area contributed by atoms with Crippen LogP contribution >= 0.6 is 12.2 Å². The first-order chi connectivity index (χ1) is 9.99. The van der Waals surface area contributed by atoms with Crippen molar-refractivity contribution in [1.82, 2.24) is 10.2 Å². The average Bonchev–Trinajstić information content (AvgIpc) is 2.47. The molecule has 0 atom stereocenters. The Labute approximate surface area is 128 Å². The summed E-state index contributed by atoms with van der Waals surface area (Å²) < 4.78 is 0. The van der Waals surface area contributed by atoms with Crippen molar-refractivity contribution in [2.75, 3.05) is 13.1 Å². The summed E-state index contributed by atoms with van der Waals surface area (Å²) in [5, 5.41) is 13.9. The van der Waals surface area contributed by atoms with Gasteiger partial charge in [0.05, 0.1) is 4.92 Å². The lowest BCUT2D eigenvalue weighted by molar-refractivity contribution is -0.385. The Kier molecular flexibility index (Phi) is 4.85. The summed E-state index contributed by atoms with van der Waals surface area (Å²) in [6.07, 6.45) is 3.34. The molecule has 0 saturated carbocycles. The highest BCUT2D eigenvalue weighted by Gasteiger charge is 2.18. The van der Waals surface area contributed by atoms with Gasteiger partial charge in [-0.3, -0.25) is 20.2 Å². The molecule has 1 aromatic carbocycles. The third kappa shape index (κ3) is 3.75. The van der Waals surface area contributed by atoms with Gasteiger partial charge >= 0.3 is 0 Å². The Bertz CT molecular complexity index is 583. The molecule has 1 amide bonds. The summed E-state index contributed by atoms with van der Waals surface area (Å²) in [6, 6.07) is 4.29. The van der Waals surface area contributed by atoms with Gasteiger partial charge in [-0.05, 0) is 50.5 Å². The van der Waals surface area contributed by atoms with Crippen molar-refractivity contribution in [3.8, 4) is 0 Å². The maximum absolute atomic E-state index is 12.1. The van der Waals surface area contributed by atoms with E-state index in [1.807, 2.05) is 4.90 Å². The Morgan fingerprint density at radius 3 is 2.57 bits per heavy atom. The molecule has 0 aliphatic carbocycles. The maximum atomic E-state index is 12.1. The molecule has 0 bridgehead atoms. The standard InChI is InChI=1S/C14H17N3O3S/c1-10-9-11(5-6-12(10)17(19)20)13(18)15-14(21)16-7-3-2-4-8-16/h5-6,9H,2-4,7-8H2,1H3,(H,15,18,21). The molecule has 0 radical (unpaired) electrons. The third-order valence-electron chi connectivity index (χ3n) is 3.52. The van der Waals surface area contributed by atoms with E-state index in [9.17, 15) is 14.9 Å². The minimum atomic E-state index is -0.463. The number of carbonyl (C=O) groups excluding carboxylic acids is 1. The SMILES string of the molecule is Cc1cc(C(=O)NC(=S)N2CCCCC2)ccc1[N+](=O)[O-]. The molecule has 21 heavy (non-hydrogen) atoms. The summed E-state index contributed by atoms with van der Waals surface area (Å²) in [7, 11) is 0. The molecule has 0 spiro atoms. The fourth-order valence-corrected chi connectivity index (χ4v) is 2.62. The van der Waals surface area contributed by atoms with Gasteiger partial charge < -0.3 is 4.90 Å². The van der Waals surface area contributed by atoms with Gasteiger partial charge in [-0.25, -0.2) is 0 Å². The predicted octanol–water partition coefficient (Wildman–Crippen LogP) is 2.40. The number of aryl methyl sites for hydroxylation is 1. The maximum Gasteiger partial charge on any atom is 0.272 e. The fourth-order valence-electron chi connectivity index (χ4n) is 2.35. The van der Waals surface area contributed by atoms with E-state index < -0.39 is 4.92 Å². The van der Waals surface area contributed by atoms with E-state index >= 15 is 0 Å². The van der Waals surface area contributed by atoms with E-state index in [1.54, 1.807) is 6.92 Å². The second kappa shape index (κ2) is 6.62. The number of nitro benzene ring substituents is 1. The molecule has 1 fully saturated rings. The molecule has 1 aliphatic rings. The highest BCUT2D eigenvalue weighted by molar-refractivity contribution is 7.80. The molecule has 1 aromatic rings. The molecular weight excluding hydrogens is 290 g/mol. The minimum absolute atomic E-state index is 0.00478. The van der Waals surface area contributed by atoms with Crippen LogP contribution in [-0.2, 0) is 0 Å². The van der Waals surface area contributed by atoms with Gasteiger partial charge in [-0.1, -0.05) is 0 Å². The number of amides is 1. The van der Waals surface area contributed by atoms with Crippen LogP contribution in [-0.4, -0.2) is 33.9 Å². The molecule has 0 unspecified atom stereocenters. The van der Waals surface area contributed by atoms with Gasteiger partial charge in [0.1, 0.15) is 0 Å². The van der Waals surface area contributed by atoms with Crippen LogP contribution in [0.25, 0.3) is 0 Å². The third-order valence-corrected chi connectivity index (χ3v) is 3.88. The van der Waals surface area contributed by atoms with Crippen molar-refractivity contribution in [1.29, 1.82) is 0 Å². The topological polar surface area (TPSA) is 75.5 Å². The second-order valence-corrected chi connectivity index (χ2v) is 5.45. The molecule has 1 N–H and O–H groups in total. The van der Waals surface area contributed by atoms with Crippen LogP contribution in [0.4, 0.5) is 5.69 Å². The molecule has 6 nitrogen and oxygen atoms in total. The van der Waals surface area contributed by atoms with Gasteiger partial charge in [-0.2, -0.15) is 0 Å². The van der Waals surface area contributed by atoms with Crippen LogP contribution in [0.2, 0.25) is 0 Å². The van der Waals surface area contributed by atoms with E-state index in [1.165, 1.54) is 24.6 Å². The van der Waals surface area contributed by atoms with Crippen molar-refractivity contribution in [2.24, 2.45) is 0 Å². The van der Waals surface area contributed by atoms with E-state index in [0.717, 1.165) is 25.9 Å². The number of piperidine rings is 1. The number of nitrogens with zero attached hydrogens (tertiary/aromatic N) is 2. The molecular formula is C14H17N3O3S.